The molecular weight excluding hydrogens is 318 g/mol. The van der Waals surface area contributed by atoms with Gasteiger partial charge in [-0.05, 0) is 55.1 Å². The molecule has 1 aromatic heterocycles. The van der Waals surface area contributed by atoms with Crippen molar-refractivity contribution in [1.29, 1.82) is 0 Å². The third-order valence-electron chi connectivity index (χ3n) is 3.86. The molecule has 0 fully saturated rings. The SMILES string of the molecule is CCNC(=NCC(C)(O)c1ccsc1)NCCc1ccc(C)cc1. The fourth-order valence-corrected chi connectivity index (χ4v) is 3.10. The third-order valence-corrected chi connectivity index (χ3v) is 4.54. The van der Waals surface area contributed by atoms with E-state index < -0.39 is 5.60 Å². The van der Waals surface area contributed by atoms with E-state index in [-0.39, 0.29) is 0 Å². The molecule has 3 N–H and O–H groups in total. The minimum atomic E-state index is -0.945. The van der Waals surface area contributed by atoms with Crippen LogP contribution in [-0.4, -0.2) is 30.7 Å². The normalized spacial score (nSPS) is 14.2. The Labute approximate surface area is 148 Å². The van der Waals surface area contributed by atoms with Gasteiger partial charge < -0.3 is 15.7 Å². The molecule has 1 atom stereocenters. The first-order chi connectivity index (χ1) is 11.5. The van der Waals surface area contributed by atoms with E-state index in [0.717, 1.165) is 31.0 Å². The van der Waals surface area contributed by atoms with E-state index in [4.69, 9.17) is 0 Å². The predicted molar refractivity (Wildman–Crippen MR) is 103 cm³/mol. The second-order valence-electron chi connectivity index (χ2n) is 6.14. The number of nitrogens with one attached hydrogen (secondary N) is 2. The Morgan fingerprint density at radius 3 is 2.58 bits per heavy atom. The summed E-state index contributed by atoms with van der Waals surface area (Å²) in [7, 11) is 0. The second-order valence-corrected chi connectivity index (χ2v) is 6.92. The number of nitrogens with zero attached hydrogens (tertiary/aromatic N) is 1. The van der Waals surface area contributed by atoms with Gasteiger partial charge >= 0.3 is 0 Å². The molecule has 0 aliphatic rings. The Bertz CT molecular complexity index is 633. The van der Waals surface area contributed by atoms with Crippen LogP contribution in [0.3, 0.4) is 0 Å². The zero-order valence-corrected chi connectivity index (χ0v) is 15.5. The van der Waals surface area contributed by atoms with E-state index in [2.05, 4.69) is 46.8 Å². The molecule has 0 saturated carbocycles. The van der Waals surface area contributed by atoms with Gasteiger partial charge in [-0.2, -0.15) is 11.3 Å². The summed E-state index contributed by atoms with van der Waals surface area (Å²) in [5.74, 6) is 0.736. The molecule has 1 unspecified atom stereocenters. The van der Waals surface area contributed by atoms with Crippen molar-refractivity contribution in [2.75, 3.05) is 19.6 Å². The lowest BCUT2D eigenvalue weighted by molar-refractivity contribution is 0.0677. The lowest BCUT2D eigenvalue weighted by Crippen LogP contribution is -2.39. The molecular formula is C19H27N3OS. The quantitative estimate of drug-likeness (QED) is 0.534. The Balaban J connectivity index is 1.89. The van der Waals surface area contributed by atoms with E-state index in [9.17, 15) is 5.11 Å². The lowest BCUT2D eigenvalue weighted by Gasteiger charge is -2.21. The summed E-state index contributed by atoms with van der Waals surface area (Å²) in [6, 6.07) is 10.5. The van der Waals surface area contributed by atoms with Gasteiger partial charge in [-0.15, -0.1) is 0 Å². The molecule has 0 amide bonds. The molecule has 2 rings (SSSR count). The molecule has 0 aliphatic carbocycles. The number of hydrogen-bond donors (Lipinski definition) is 3. The summed E-state index contributed by atoms with van der Waals surface area (Å²) in [5, 5.41) is 21.1. The van der Waals surface area contributed by atoms with E-state index in [0.29, 0.717) is 6.54 Å². The maximum atomic E-state index is 10.6. The average molecular weight is 346 g/mol. The summed E-state index contributed by atoms with van der Waals surface area (Å²) in [6.45, 7) is 7.84. The van der Waals surface area contributed by atoms with Crippen molar-refractivity contribution in [3.8, 4) is 0 Å². The van der Waals surface area contributed by atoms with E-state index in [1.165, 1.54) is 11.1 Å². The zero-order valence-electron chi connectivity index (χ0n) is 14.7. The van der Waals surface area contributed by atoms with E-state index >= 15 is 0 Å². The van der Waals surface area contributed by atoms with Crippen LogP contribution in [-0.2, 0) is 12.0 Å². The first-order valence-electron chi connectivity index (χ1n) is 8.34. The van der Waals surface area contributed by atoms with Crippen LogP contribution in [0.15, 0.2) is 46.1 Å². The minimum absolute atomic E-state index is 0.323. The number of rotatable bonds is 7. The molecule has 2 aromatic rings. The number of aliphatic hydroxyl groups is 1. The van der Waals surface area contributed by atoms with Crippen LogP contribution >= 0.6 is 11.3 Å². The Kier molecular flexibility index (Phi) is 6.82. The Morgan fingerprint density at radius 2 is 1.96 bits per heavy atom. The highest BCUT2D eigenvalue weighted by molar-refractivity contribution is 7.08. The highest BCUT2D eigenvalue weighted by atomic mass is 32.1. The molecule has 24 heavy (non-hydrogen) atoms. The number of hydrogen-bond acceptors (Lipinski definition) is 3. The molecule has 5 heteroatoms. The van der Waals surface area contributed by atoms with E-state index in [1.807, 2.05) is 23.8 Å². The van der Waals surface area contributed by atoms with Gasteiger partial charge in [0.15, 0.2) is 5.96 Å². The van der Waals surface area contributed by atoms with Crippen molar-refractivity contribution in [2.24, 2.45) is 4.99 Å². The minimum Gasteiger partial charge on any atom is -0.383 e. The first kappa shape index (κ1) is 18.5. The van der Waals surface area contributed by atoms with Crippen molar-refractivity contribution < 1.29 is 5.11 Å². The molecule has 1 aromatic carbocycles. The van der Waals surface area contributed by atoms with Crippen molar-refractivity contribution in [3.63, 3.8) is 0 Å². The Morgan fingerprint density at radius 1 is 1.21 bits per heavy atom. The second kappa shape index (κ2) is 8.85. The van der Waals surface area contributed by atoms with Gasteiger partial charge in [0.05, 0.1) is 6.54 Å². The van der Waals surface area contributed by atoms with Crippen molar-refractivity contribution in [2.45, 2.75) is 32.8 Å². The number of guanidine groups is 1. The van der Waals surface area contributed by atoms with Crippen LogP contribution in [0.4, 0.5) is 0 Å². The maximum absolute atomic E-state index is 10.6. The van der Waals surface area contributed by atoms with Gasteiger partial charge in [-0.1, -0.05) is 29.8 Å². The fraction of sp³-hybridized carbons (Fsp3) is 0.421. The van der Waals surface area contributed by atoms with Gasteiger partial charge in [0.1, 0.15) is 5.60 Å². The number of thiophene rings is 1. The zero-order chi connectivity index (χ0) is 17.4. The predicted octanol–water partition coefficient (Wildman–Crippen LogP) is 3.06. The lowest BCUT2D eigenvalue weighted by atomic mass is 10.00. The van der Waals surface area contributed by atoms with Crippen molar-refractivity contribution >= 4 is 17.3 Å². The smallest absolute Gasteiger partial charge is 0.191 e. The Hall–Kier alpha value is -1.85. The summed E-state index contributed by atoms with van der Waals surface area (Å²) in [5.41, 5.74) is 2.54. The van der Waals surface area contributed by atoms with Crippen molar-refractivity contribution in [1.82, 2.24) is 10.6 Å². The first-order valence-corrected chi connectivity index (χ1v) is 9.28. The topological polar surface area (TPSA) is 56.7 Å². The molecule has 1 heterocycles. The van der Waals surface area contributed by atoms with E-state index in [1.54, 1.807) is 18.3 Å². The highest BCUT2D eigenvalue weighted by Crippen LogP contribution is 2.23. The van der Waals surface area contributed by atoms with Gasteiger partial charge in [0.25, 0.3) is 0 Å². The summed E-state index contributed by atoms with van der Waals surface area (Å²) in [4.78, 5) is 4.54. The van der Waals surface area contributed by atoms with Crippen LogP contribution in [0.25, 0.3) is 0 Å². The molecule has 0 saturated heterocycles. The van der Waals surface area contributed by atoms with Gasteiger partial charge in [0.2, 0.25) is 0 Å². The van der Waals surface area contributed by atoms with Gasteiger partial charge in [-0.3, -0.25) is 0 Å². The summed E-state index contributed by atoms with van der Waals surface area (Å²) < 4.78 is 0. The average Bonchev–Trinajstić information content (AvgIpc) is 3.10. The third kappa shape index (κ3) is 5.65. The van der Waals surface area contributed by atoms with Crippen LogP contribution in [0.2, 0.25) is 0 Å². The largest absolute Gasteiger partial charge is 0.383 e. The molecule has 130 valence electrons. The fourth-order valence-electron chi connectivity index (χ4n) is 2.32. The van der Waals surface area contributed by atoms with Gasteiger partial charge in [0, 0.05) is 13.1 Å². The molecule has 4 nitrogen and oxygen atoms in total. The summed E-state index contributed by atoms with van der Waals surface area (Å²) >= 11 is 1.58. The highest BCUT2D eigenvalue weighted by Gasteiger charge is 2.23. The number of benzene rings is 1. The number of aliphatic imine (C=N–C) groups is 1. The molecule has 0 aliphatic heterocycles. The van der Waals surface area contributed by atoms with Crippen molar-refractivity contribution in [3.05, 3.63) is 57.8 Å². The van der Waals surface area contributed by atoms with Crippen LogP contribution in [0.1, 0.15) is 30.5 Å². The molecule has 0 bridgehead atoms. The maximum Gasteiger partial charge on any atom is 0.191 e. The van der Waals surface area contributed by atoms with Gasteiger partial charge in [-0.25, -0.2) is 4.99 Å². The molecule has 0 radical (unpaired) electrons. The number of aryl methyl sites for hydroxylation is 1. The van der Waals surface area contributed by atoms with Crippen LogP contribution < -0.4 is 10.6 Å². The van der Waals surface area contributed by atoms with Crippen LogP contribution in [0, 0.1) is 6.92 Å². The standard InChI is InChI=1S/C19H27N3OS/c1-4-20-18(21-11-9-16-7-5-15(2)6-8-16)22-14-19(3,23)17-10-12-24-13-17/h5-8,10,12-13,23H,4,9,11,14H2,1-3H3,(H2,20,21,22). The summed E-state index contributed by atoms with van der Waals surface area (Å²) in [6.07, 6.45) is 0.936. The molecule has 0 spiro atoms. The monoisotopic (exact) mass is 345 g/mol. The van der Waals surface area contributed by atoms with Crippen LogP contribution in [0.5, 0.6) is 0 Å².